The summed E-state index contributed by atoms with van der Waals surface area (Å²) in [6.07, 6.45) is 6.66. The van der Waals surface area contributed by atoms with Crippen LogP contribution in [0, 0.1) is 0 Å². The molecule has 0 spiro atoms. The van der Waals surface area contributed by atoms with Gasteiger partial charge in [0.05, 0.1) is 13.2 Å². The summed E-state index contributed by atoms with van der Waals surface area (Å²) < 4.78 is 5.29. The SMILES string of the molecule is C=CC(=O)N(Cc1ccc2c(c1)CCCC2)CC1(O)CCOC1. The van der Waals surface area contributed by atoms with Crippen molar-refractivity contribution in [2.45, 2.75) is 44.2 Å². The monoisotopic (exact) mass is 315 g/mol. The van der Waals surface area contributed by atoms with Crippen molar-refractivity contribution in [3.63, 3.8) is 0 Å². The Morgan fingerprint density at radius 2 is 2.13 bits per heavy atom. The molecule has 1 N–H and O–H groups in total. The van der Waals surface area contributed by atoms with E-state index in [4.69, 9.17) is 4.74 Å². The first-order valence-electron chi connectivity index (χ1n) is 8.42. The molecule has 0 radical (unpaired) electrons. The van der Waals surface area contributed by atoms with E-state index in [0.29, 0.717) is 19.6 Å². The number of hydrogen-bond acceptors (Lipinski definition) is 3. The van der Waals surface area contributed by atoms with Crippen molar-refractivity contribution >= 4 is 5.91 Å². The van der Waals surface area contributed by atoms with E-state index in [2.05, 4.69) is 24.8 Å². The lowest BCUT2D eigenvalue weighted by molar-refractivity contribution is -0.130. The summed E-state index contributed by atoms with van der Waals surface area (Å²) in [6.45, 7) is 5.21. The predicted molar refractivity (Wildman–Crippen MR) is 89.1 cm³/mol. The van der Waals surface area contributed by atoms with Gasteiger partial charge in [-0.1, -0.05) is 24.8 Å². The Kier molecular flexibility index (Phi) is 4.83. The highest BCUT2D eigenvalue weighted by atomic mass is 16.5. The maximum atomic E-state index is 12.2. The zero-order chi connectivity index (χ0) is 16.3. The maximum absolute atomic E-state index is 12.2. The van der Waals surface area contributed by atoms with Gasteiger partial charge in [0.15, 0.2) is 0 Å². The van der Waals surface area contributed by atoms with E-state index < -0.39 is 5.60 Å². The zero-order valence-corrected chi connectivity index (χ0v) is 13.6. The van der Waals surface area contributed by atoms with Crippen LogP contribution in [0.5, 0.6) is 0 Å². The van der Waals surface area contributed by atoms with Crippen LogP contribution in [0.2, 0.25) is 0 Å². The minimum Gasteiger partial charge on any atom is -0.386 e. The number of aryl methyl sites for hydroxylation is 2. The Balaban J connectivity index is 1.75. The molecule has 1 heterocycles. The molecule has 1 amide bonds. The van der Waals surface area contributed by atoms with E-state index in [1.807, 2.05) is 0 Å². The molecule has 1 atom stereocenters. The summed E-state index contributed by atoms with van der Waals surface area (Å²) in [7, 11) is 0. The highest BCUT2D eigenvalue weighted by Crippen LogP contribution is 2.24. The number of ether oxygens (including phenoxy) is 1. The molecule has 1 saturated heterocycles. The molecular formula is C19H25NO3. The van der Waals surface area contributed by atoms with Crippen LogP contribution in [0.25, 0.3) is 0 Å². The van der Waals surface area contributed by atoms with Crippen molar-refractivity contribution in [3.05, 3.63) is 47.5 Å². The summed E-state index contributed by atoms with van der Waals surface area (Å²) in [6, 6.07) is 6.50. The van der Waals surface area contributed by atoms with Crippen LogP contribution in [0.3, 0.4) is 0 Å². The van der Waals surface area contributed by atoms with Gasteiger partial charge in [-0.3, -0.25) is 4.79 Å². The molecule has 1 unspecified atom stereocenters. The van der Waals surface area contributed by atoms with Crippen LogP contribution in [0.4, 0.5) is 0 Å². The van der Waals surface area contributed by atoms with Gasteiger partial charge >= 0.3 is 0 Å². The lowest BCUT2D eigenvalue weighted by Crippen LogP contribution is -2.45. The van der Waals surface area contributed by atoms with Crippen LogP contribution in [-0.4, -0.2) is 41.3 Å². The van der Waals surface area contributed by atoms with Gasteiger partial charge in [-0.05, 0) is 48.4 Å². The molecule has 1 fully saturated rings. The third kappa shape index (κ3) is 3.82. The molecule has 1 aromatic carbocycles. The lowest BCUT2D eigenvalue weighted by atomic mass is 9.90. The predicted octanol–water partition coefficient (Wildman–Crippen LogP) is 2.23. The van der Waals surface area contributed by atoms with Gasteiger partial charge in [-0.15, -0.1) is 0 Å². The first-order valence-corrected chi connectivity index (χ1v) is 8.42. The Labute approximate surface area is 137 Å². The average molecular weight is 315 g/mol. The van der Waals surface area contributed by atoms with Crippen LogP contribution in [0.15, 0.2) is 30.9 Å². The van der Waals surface area contributed by atoms with Gasteiger partial charge in [0.2, 0.25) is 5.91 Å². The third-order valence-corrected chi connectivity index (χ3v) is 4.84. The minimum absolute atomic E-state index is 0.150. The molecule has 0 saturated carbocycles. The maximum Gasteiger partial charge on any atom is 0.246 e. The molecular weight excluding hydrogens is 290 g/mol. The fourth-order valence-corrected chi connectivity index (χ4v) is 3.52. The number of benzene rings is 1. The largest absolute Gasteiger partial charge is 0.386 e. The Morgan fingerprint density at radius 1 is 1.35 bits per heavy atom. The standard InChI is InChI=1S/C19H25NO3/c1-2-18(21)20(13-19(22)9-10-23-14-19)12-15-7-8-16-5-3-4-6-17(16)11-15/h2,7-8,11,22H,1,3-6,9-10,12-14H2. The van der Waals surface area contributed by atoms with E-state index >= 15 is 0 Å². The van der Waals surface area contributed by atoms with Crippen molar-refractivity contribution in [1.82, 2.24) is 4.90 Å². The number of aliphatic hydroxyl groups is 1. The van der Waals surface area contributed by atoms with Gasteiger partial charge in [-0.2, -0.15) is 0 Å². The molecule has 4 nitrogen and oxygen atoms in total. The number of carbonyl (C=O) groups excluding carboxylic acids is 1. The van der Waals surface area contributed by atoms with E-state index in [1.54, 1.807) is 4.90 Å². The summed E-state index contributed by atoms with van der Waals surface area (Å²) in [5.41, 5.74) is 3.02. The first-order chi connectivity index (χ1) is 11.1. The number of carbonyl (C=O) groups is 1. The highest BCUT2D eigenvalue weighted by Gasteiger charge is 2.35. The van der Waals surface area contributed by atoms with Crippen molar-refractivity contribution in [1.29, 1.82) is 0 Å². The average Bonchev–Trinajstić information content (AvgIpc) is 3.00. The molecule has 0 bridgehead atoms. The fourth-order valence-electron chi connectivity index (χ4n) is 3.52. The van der Waals surface area contributed by atoms with Gasteiger partial charge < -0.3 is 14.7 Å². The summed E-state index contributed by atoms with van der Waals surface area (Å²) >= 11 is 0. The zero-order valence-electron chi connectivity index (χ0n) is 13.6. The molecule has 1 aliphatic carbocycles. The second kappa shape index (κ2) is 6.85. The number of rotatable bonds is 5. The Hall–Kier alpha value is -1.65. The quantitative estimate of drug-likeness (QED) is 0.848. The van der Waals surface area contributed by atoms with E-state index in [-0.39, 0.29) is 19.1 Å². The molecule has 1 aliphatic heterocycles. The molecule has 2 aliphatic rings. The van der Waals surface area contributed by atoms with Gasteiger partial charge in [0.1, 0.15) is 5.60 Å². The molecule has 1 aromatic rings. The second-order valence-corrected chi connectivity index (χ2v) is 6.74. The molecule has 0 aromatic heterocycles. The molecule has 124 valence electrons. The number of fused-ring (bicyclic) bond motifs is 1. The van der Waals surface area contributed by atoms with Crippen molar-refractivity contribution in [3.8, 4) is 0 Å². The third-order valence-electron chi connectivity index (χ3n) is 4.84. The summed E-state index contributed by atoms with van der Waals surface area (Å²) in [4.78, 5) is 13.9. The van der Waals surface area contributed by atoms with E-state index in [9.17, 15) is 9.90 Å². The number of nitrogens with zero attached hydrogens (tertiary/aromatic N) is 1. The highest BCUT2D eigenvalue weighted by molar-refractivity contribution is 5.87. The van der Waals surface area contributed by atoms with Crippen LogP contribution >= 0.6 is 0 Å². The van der Waals surface area contributed by atoms with E-state index in [0.717, 1.165) is 18.4 Å². The van der Waals surface area contributed by atoms with Gasteiger partial charge in [0.25, 0.3) is 0 Å². The second-order valence-electron chi connectivity index (χ2n) is 6.74. The van der Waals surface area contributed by atoms with Crippen molar-refractivity contribution in [2.24, 2.45) is 0 Å². The Morgan fingerprint density at radius 3 is 2.83 bits per heavy atom. The summed E-state index contributed by atoms with van der Waals surface area (Å²) in [5.74, 6) is -0.150. The number of hydrogen-bond donors (Lipinski definition) is 1. The van der Waals surface area contributed by atoms with E-state index in [1.165, 1.54) is 30.0 Å². The molecule has 3 rings (SSSR count). The number of amides is 1. The smallest absolute Gasteiger partial charge is 0.246 e. The minimum atomic E-state index is -0.938. The topological polar surface area (TPSA) is 49.8 Å². The lowest BCUT2D eigenvalue weighted by Gasteiger charge is -2.30. The van der Waals surface area contributed by atoms with Gasteiger partial charge in [-0.25, -0.2) is 0 Å². The normalized spacial score (nSPS) is 23.3. The van der Waals surface area contributed by atoms with Crippen LogP contribution < -0.4 is 0 Å². The van der Waals surface area contributed by atoms with Crippen LogP contribution in [0.1, 0.15) is 36.0 Å². The first kappa shape index (κ1) is 16.2. The fraction of sp³-hybridized carbons (Fsp3) is 0.526. The van der Waals surface area contributed by atoms with Crippen molar-refractivity contribution in [2.75, 3.05) is 19.8 Å². The van der Waals surface area contributed by atoms with Crippen LogP contribution in [-0.2, 0) is 28.9 Å². The Bertz CT molecular complexity index is 590. The molecule has 23 heavy (non-hydrogen) atoms. The summed E-state index contributed by atoms with van der Waals surface area (Å²) in [5, 5.41) is 10.5. The molecule has 4 heteroatoms. The van der Waals surface area contributed by atoms with Crippen molar-refractivity contribution < 1.29 is 14.6 Å². The van der Waals surface area contributed by atoms with Gasteiger partial charge in [0, 0.05) is 19.6 Å².